The van der Waals surface area contributed by atoms with Crippen LogP contribution in [0.4, 0.5) is 23.4 Å². The molecule has 3 atom stereocenters. The lowest BCUT2D eigenvalue weighted by Crippen LogP contribution is -2.43. The molecule has 270 valence electrons. The summed E-state index contributed by atoms with van der Waals surface area (Å²) in [7, 11) is 0. The maximum Gasteiger partial charge on any atom is 0.321 e. The van der Waals surface area contributed by atoms with Crippen molar-refractivity contribution >= 4 is 21.7 Å². The zero-order valence-electron chi connectivity index (χ0n) is 28.8. The molecule has 4 heterocycles. The molecule has 2 aromatic carbocycles. The molecule has 1 saturated carbocycles. The third-order valence-electron chi connectivity index (χ3n) is 8.85. The summed E-state index contributed by atoms with van der Waals surface area (Å²) in [6.07, 6.45) is 4.77. The molecule has 1 aliphatic heterocycles. The topological polar surface area (TPSA) is 109 Å². The number of hydrogen-bond acceptors (Lipinski definition) is 9. The van der Waals surface area contributed by atoms with Crippen LogP contribution in [-0.4, -0.2) is 52.6 Å². The minimum atomic E-state index is -0.709. The number of anilines is 1. The zero-order chi connectivity index (χ0) is 36.4. The van der Waals surface area contributed by atoms with E-state index in [2.05, 4.69) is 51.0 Å². The summed E-state index contributed by atoms with van der Waals surface area (Å²) in [5.74, 6) is 0.605. The van der Waals surface area contributed by atoms with Gasteiger partial charge in [-0.15, -0.1) is 5.10 Å². The fraction of sp³-hybridized carbons (Fsp3) is 0.429. The second-order valence-electron chi connectivity index (χ2n) is 13.4. The Morgan fingerprint density at radius 1 is 0.725 bits per heavy atom. The van der Waals surface area contributed by atoms with Gasteiger partial charge >= 0.3 is 12.0 Å². The molecule has 2 bridgehead atoms. The molecule has 11 nitrogen and oxygen atoms in total. The Balaban J connectivity index is 0.000000211. The van der Waals surface area contributed by atoms with Gasteiger partial charge in [-0.1, -0.05) is 0 Å². The van der Waals surface area contributed by atoms with Crippen LogP contribution in [0.5, 0.6) is 23.5 Å². The normalized spacial score (nSPS) is 18.3. The molecule has 0 spiro atoms. The smallest absolute Gasteiger partial charge is 0.321 e. The Bertz CT molecular complexity index is 1930. The maximum atomic E-state index is 13.6. The van der Waals surface area contributed by atoms with Crippen LogP contribution < -0.4 is 14.4 Å². The summed E-state index contributed by atoms with van der Waals surface area (Å²) < 4.78 is 67.9. The largest absolute Gasteiger partial charge is 0.424 e. The molecule has 0 radical (unpaired) electrons. The first-order chi connectivity index (χ1) is 24.3. The highest BCUT2D eigenvalue weighted by molar-refractivity contribution is 9.10. The predicted octanol–water partition coefficient (Wildman–Crippen LogP) is 8.43. The van der Waals surface area contributed by atoms with Gasteiger partial charge in [0.2, 0.25) is 4.73 Å². The summed E-state index contributed by atoms with van der Waals surface area (Å²) in [5, 5.41) is 8.75. The van der Waals surface area contributed by atoms with Crippen LogP contribution in [0.15, 0.2) is 53.5 Å². The van der Waals surface area contributed by atoms with Crippen LogP contribution in [0.2, 0.25) is 0 Å². The SMILES string of the molecule is CC(C)n1nc(Br)nc1Oc1cc(F)cc(F)c1.Cc1cc(N2C[C@H]3CC[C@@H](C2)C3Cc2nc(Oc3cc(F)cc(F)c3)n(C(C)C)n2)ncn1. The molecule has 51 heavy (non-hydrogen) atoms. The Kier molecular flexibility index (Phi) is 10.9. The lowest BCUT2D eigenvalue weighted by molar-refractivity contribution is 0.264. The van der Waals surface area contributed by atoms with Gasteiger partial charge in [-0.25, -0.2) is 36.9 Å². The van der Waals surface area contributed by atoms with Crippen LogP contribution in [-0.2, 0) is 6.42 Å². The molecule has 7 rings (SSSR count). The van der Waals surface area contributed by atoms with Crippen LogP contribution in [0.1, 0.15) is 64.1 Å². The highest BCUT2D eigenvalue weighted by Crippen LogP contribution is 2.44. The van der Waals surface area contributed by atoms with Gasteiger partial charge in [0.25, 0.3) is 0 Å². The Labute approximate surface area is 301 Å². The summed E-state index contributed by atoms with van der Waals surface area (Å²) in [6.45, 7) is 11.6. The van der Waals surface area contributed by atoms with Crippen molar-refractivity contribution in [1.82, 2.24) is 39.5 Å². The van der Waals surface area contributed by atoms with Crippen LogP contribution >= 0.6 is 15.9 Å². The average Bonchev–Trinajstić information content (AvgIpc) is 3.68. The third kappa shape index (κ3) is 8.83. The van der Waals surface area contributed by atoms with Gasteiger partial charge < -0.3 is 14.4 Å². The zero-order valence-corrected chi connectivity index (χ0v) is 30.4. The minimum Gasteiger partial charge on any atom is -0.424 e. The van der Waals surface area contributed by atoms with E-state index in [1.54, 1.807) is 11.0 Å². The van der Waals surface area contributed by atoms with E-state index < -0.39 is 23.3 Å². The number of nitrogens with zero attached hydrogens (tertiary/aromatic N) is 9. The number of benzene rings is 2. The van der Waals surface area contributed by atoms with E-state index in [-0.39, 0.29) is 35.6 Å². The summed E-state index contributed by atoms with van der Waals surface area (Å²) in [6, 6.07) is 8.52. The number of aromatic nitrogens is 8. The molecule has 1 aliphatic carbocycles. The number of piperidine rings is 1. The molecule has 16 heteroatoms. The van der Waals surface area contributed by atoms with Crippen LogP contribution in [0.3, 0.4) is 0 Å². The summed E-state index contributed by atoms with van der Waals surface area (Å²) >= 11 is 3.12. The molecular formula is C35H38BrF4N9O2. The summed E-state index contributed by atoms with van der Waals surface area (Å²) in [4.78, 5) is 19.7. The molecule has 0 amide bonds. The number of aryl methyl sites for hydroxylation is 1. The van der Waals surface area contributed by atoms with E-state index >= 15 is 0 Å². The lowest BCUT2D eigenvalue weighted by atomic mass is 9.82. The molecule has 1 unspecified atom stereocenters. The maximum absolute atomic E-state index is 13.6. The van der Waals surface area contributed by atoms with Gasteiger partial charge in [-0.2, -0.15) is 15.1 Å². The number of halogens is 5. The fourth-order valence-corrected chi connectivity index (χ4v) is 6.92. The van der Waals surface area contributed by atoms with Crippen molar-refractivity contribution in [3.63, 3.8) is 0 Å². The van der Waals surface area contributed by atoms with Gasteiger partial charge in [0.1, 0.15) is 46.9 Å². The first-order valence-corrected chi connectivity index (χ1v) is 17.5. The number of ether oxygens (including phenoxy) is 2. The molecule has 0 N–H and O–H groups in total. The van der Waals surface area contributed by atoms with Gasteiger partial charge in [0.05, 0.1) is 12.1 Å². The molecular weight excluding hydrogens is 734 g/mol. The van der Waals surface area contributed by atoms with Gasteiger partial charge in [-0.3, -0.25) is 0 Å². The number of fused-ring (bicyclic) bond motifs is 2. The molecule has 3 aromatic heterocycles. The molecule has 2 aliphatic rings. The lowest BCUT2D eigenvalue weighted by Gasteiger charge is -2.38. The Hall–Kier alpha value is -4.60. The van der Waals surface area contributed by atoms with E-state index in [9.17, 15) is 17.6 Å². The van der Waals surface area contributed by atoms with Crippen molar-refractivity contribution in [1.29, 1.82) is 0 Å². The Morgan fingerprint density at radius 3 is 1.75 bits per heavy atom. The van der Waals surface area contributed by atoms with E-state index in [4.69, 9.17) is 9.47 Å². The van der Waals surface area contributed by atoms with E-state index in [0.29, 0.717) is 28.3 Å². The summed E-state index contributed by atoms with van der Waals surface area (Å²) in [5.41, 5.74) is 0.976. The van der Waals surface area contributed by atoms with Crippen molar-refractivity contribution < 1.29 is 27.0 Å². The first-order valence-electron chi connectivity index (χ1n) is 16.7. The minimum absolute atomic E-state index is 0.000713. The standard InChI is InChI=1S/C24H28F2N6O.C11H10BrF2N3O/c1-14(2)32-24(33-20-8-18(25)7-19(26)9-20)29-22(30-32)10-21-16-4-5-17(21)12-31(11-16)23-6-15(3)27-13-28-23;1-6(2)17-11(15-10(12)16-17)18-9-4-7(13)3-8(14)5-9/h6-9,13-14,16-17,21H,4-5,10-12H2,1-3H3;3-6H,1-2H3/t16-,17+,21?;. The van der Waals surface area contributed by atoms with Crippen LogP contribution in [0.25, 0.3) is 0 Å². The van der Waals surface area contributed by atoms with E-state index in [1.165, 1.54) is 17.5 Å². The van der Waals surface area contributed by atoms with Gasteiger partial charge in [0.15, 0.2) is 5.82 Å². The van der Waals surface area contributed by atoms with Crippen molar-refractivity contribution in [2.45, 2.75) is 66.0 Å². The average molecular weight is 773 g/mol. The number of rotatable bonds is 9. The van der Waals surface area contributed by atoms with E-state index in [1.807, 2.05) is 40.7 Å². The monoisotopic (exact) mass is 771 g/mol. The Morgan fingerprint density at radius 2 is 1.24 bits per heavy atom. The predicted molar refractivity (Wildman–Crippen MR) is 184 cm³/mol. The fourth-order valence-electron chi connectivity index (χ4n) is 6.60. The highest BCUT2D eigenvalue weighted by Gasteiger charge is 2.43. The second kappa shape index (κ2) is 15.3. The quantitative estimate of drug-likeness (QED) is 0.137. The van der Waals surface area contributed by atoms with Gasteiger partial charge in [0, 0.05) is 67.7 Å². The molecule has 1 saturated heterocycles. The van der Waals surface area contributed by atoms with Crippen molar-refractivity contribution in [2.75, 3.05) is 18.0 Å². The third-order valence-corrected chi connectivity index (χ3v) is 9.18. The number of hydrogen-bond donors (Lipinski definition) is 0. The van der Waals surface area contributed by atoms with Crippen LogP contribution in [0, 0.1) is 47.9 Å². The van der Waals surface area contributed by atoms with Gasteiger partial charge in [-0.05, 0) is 81.1 Å². The van der Waals surface area contributed by atoms with E-state index in [0.717, 1.165) is 67.4 Å². The first kappa shape index (κ1) is 36.2. The van der Waals surface area contributed by atoms with Crippen molar-refractivity contribution in [3.05, 3.63) is 88.3 Å². The van der Waals surface area contributed by atoms with Crippen molar-refractivity contribution in [3.8, 4) is 23.5 Å². The molecule has 2 fully saturated rings. The van der Waals surface area contributed by atoms with Crippen molar-refractivity contribution in [2.24, 2.45) is 17.8 Å². The second-order valence-corrected chi connectivity index (χ2v) is 14.1. The molecule has 5 aromatic rings. The highest BCUT2D eigenvalue weighted by atomic mass is 79.9.